The number of hydrogen-bond acceptors (Lipinski definition) is 4. The van der Waals surface area contributed by atoms with Gasteiger partial charge in [0.05, 0.1) is 16.1 Å². The van der Waals surface area contributed by atoms with Gasteiger partial charge in [-0.05, 0) is 31.4 Å². The minimum absolute atomic E-state index is 0.00284. The molecule has 3 heterocycles. The van der Waals surface area contributed by atoms with Crippen LogP contribution in [0.25, 0.3) is 0 Å². The van der Waals surface area contributed by atoms with Gasteiger partial charge in [-0.25, -0.2) is 0 Å². The number of aromatic hydroxyl groups is 1. The van der Waals surface area contributed by atoms with Crippen LogP contribution in [0, 0.1) is 0 Å². The first-order valence-electron chi connectivity index (χ1n) is 8.82. The largest absolute Gasteiger partial charge is 0.508 e. The second-order valence-electron chi connectivity index (χ2n) is 7.46. The topological polar surface area (TPSA) is 64.0 Å². The summed E-state index contributed by atoms with van der Waals surface area (Å²) in [7, 11) is 0. The number of rotatable bonds is 2. The highest BCUT2D eigenvalue weighted by Crippen LogP contribution is 2.45. The lowest BCUT2D eigenvalue weighted by Gasteiger charge is -2.38. The summed E-state index contributed by atoms with van der Waals surface area (Å²) in [6.45, 7) is 2.09. The average Bonchev–Trinajstić information content (AvgIpc) is 3.18. The van der Waals surface area contributed by atoms with Crippen molar-refractivity contribution in [1.29, 1.82) is 0 Å². The van der Waals surface area contributed by atoms with Crippen LogP contribution in [-0.2, 0) is 4.79 Å². The second-order valence-corrected chi connectivity index (χ2v) is 8.24. The number of benzene rings is 1. The molecule has 4 atom stereocenters. The van der Waals surface area contributed by atoms with E-state index >= 15 is 0 Å². The van der Waals surface area contributed by atoms with Crippen molar-refractivity contribution < 1.29 is 15.0 Å². The molecule has 1 amide bonds. The van der Waals surface area contributed by atoms with Gasteiger partial charge >= 0.3 is 0 Å². The Bertz CT molecular complexity index is 699. The van der Waals surface area contributed by atoms with Gasteiger partial charge in [0.1, 0.15) is 5.75 Å². The molecule has 7 heteroatoms. The van der Waals surface area contributed by atoms with Crippen LogP contribution in [0.15, 0.2) is 12.1 Å². The number of phenolic OH excluding ortho intramolecular Hbond substituents is 1. The van der Waals surface area contributed by atoms with Crippen molar-refractivity contribution in [1.82, 2.24) is 9.80 Å². The number of halogens is 2. The summed E-state index contributed by atoms with van der Waals surface area (Å²) < 4.78 is 0. The van der Waals surface area contributed by atoms with Crippen molar-refractivity contribution in [2.24, 2.45) is 0 Å². The summed E-state index contributed by atoms with van der Waals surface area (Å²) in [5, 5.41) is 20.8. The maximum absolute atomic E-state index is 12.7. The van der Waals surface area contributed by atoms with Crippen molar-refractivity contribution in [3.05, 3.63) is 27.7 Å². The molecule has 0 bridgehead atoms. The molecular weight excluding hydrogens is 363 g/mol. The van der Waals surface area contributed by atoms with Crippen molar-refractivity contribution in [3.8, 4) is 5.75 Å². The standard InChI is InChI=1S/C18H22Cl2N2O3/c19-14-1-2-15(24)17(18(14)20)10-5-12-6-11(7-16(25)22(12)8-10)21-4-3-13(23)9-21/h1-2,10-13,23-24H,3-9H2/t10-,11+,12-,13-/m0/s1. The van der Waals surface area contributed by atoms with Gasteiger partial charge in [0, 0.05) is 49.6 Å². The van der Waals surface area contributed by atoms with Gasteiger partial charge in [-0.2, -0.15) is 0 Å². The fraction of sp³-hybridized carbons (Fsp3) is 0.611. The molecule has 0 aromatic heterocycles. The van der Waals surface area contributed by atoms with Crippen LogP contribution in [0.5, 0.6) is 5.75 Å². The molecule has 0 spiro atoms. The third kappa shape index (κ3) is 3.12. The molecule has 5 nitrogen and oxygen atoms in total. The Morgan fingerprint density at radius 1 is 1.12 bits per heavy atom. The fourth-order valence-corrected chi connectivity index (χ4v) is 5.17. The van der Waals surface area contributed by atoms with E-state index in [9.17, 15) is 15.0 Å². The Morgan fingerprint density at radius 3 is 2.64 bits per heavy atom. The second kappa shape index (κ2) is 6.62. The molecule has 3 aliphatic rings. The van der Waals surface area contributed by atoms with Crippen molar-refractivity contribution in [2.75, 3.05) is 19.6 Å². The van der Waals surface area contributed by atoms with E-state index in [0.29, 0.717) is 35.1 Å². The number of amides is 1. The summed E-state index contributed by atoms with van der Waals surface area (Å²) in [6.07, 6.45) is 2.71. The molecular formula is C18H22Cl2N2O3. The molecule has 2 N–H and O–H groups in total. The number of fused-ring (bicyclic) bond motifs is 1. The molecule has 1 aromatic carbocycles. The fourth-order valence-electron chi connectivity index (χ4n) is 4.69. The van der Waals surface area contributed by atoms with Gasteiger partial charge in [-0.3, -0.25) is 9.69 Å². The van der Waals surface area contributed by atoms with Crippen molar-refractivity contribution in [3.63, 3.8) is 0 Å². The zero-order valence-corrected chi connectivity index (χ0v) is 15.4. The highest BCUT2D eigenvalue weighted by Gasteiger charge is 2.44. The lowest BCUT2D eigenvalue weighted by Crippen LogP contribution is -2.50. The van der Waals surface area contributed by atoms with Crippen LogP contribution < -0.4 is 0 Å². The Morgan fingerprint density at radius 2 is 1.92 bits per heavy atom. The molecule has 4 rings (SSSR count). The van der Waals surface area contributed by atoms with Gasteiger partial charge in [0.15, 0.2) is 0 Å². The Labute approximate surface area is 157 Å². The molecule has 0 radical (unpaired) electrons. The van der Waals surface area contributed by atoms with E-state index in [1.807, 2.05) is 4.90 Å². The third-order valence-corrected chi connectivity index (χ3v) is 6.74. The molecule has 25 heavy (non-hydrogen) atoms. The minimum atomic E-state index is -0.272. The number of piperidine rings is 1. The van der Waals surface area contributed by atoms with Gasteiger partial charge in [-0.1, -0.05) is 23.2 Å². The zero-order valence-electron chi connectivity index (χ0n) is 13.9. The summed E-state index contributed by atoms with van der Waals surface area (Å²) in [6, 6.07) is 3.51. The van der Waals surface area contributed by atoms with E-state index in [0.717, 1.165) is 25.8 Å². The van der Waals surface area contributed by atoms with Crippen LogP contribution >= 0.6 is 23.2 Å². The maximum Gasteiger partial charge on any atom is 0.224 e. The highest BCUT2D eigenvalue weighted by molar-refractivity contribution is 6.42. The summed E-state index contributed by atoms with van der Waals surface area (Å²) >= 11 is 12.4. The van der Waals surface area contributed by atoms with Crippen molar-refractivity contribution in [2.45, 2.75) is 49.8 Å². The Kier molecular flexibility index (Phi) is 4.61. The van der Waals surface area contributed by atoms with Crippen molar-refractivity contribution >= 4 is 29.1 Å². The molecule has 3 aliphatic heterocycles. The van der Waals surface area contributed by atoms with Crippen LogP contribution in [-0.4, -0.2) is 63.7 Å². The average molecular weight is 385 g/mol. The van der Waals surface area contributed by atoms with Gasteiger partial charge in [0.25, 0.3) is 0 Å². The first kappa shape index (κ1) is 17.4. The lowest BCUT2D eigenvalue weighted by molar-refractivity contribution is -0.137. The first-order valence-corrected chi connectivity index (χ1v) is 9.58. The summed E-state index contributed by atoms with van der Waals surface area (Å²) in [4.78, 5) is 16.8. The van der Waals surface area contributed by atoms with E-state index in [-0.39, 0.29) is 35.8 Å². The number of likely N-dealkylation sites (tertiary alicyclic amines) is 1. The number of carbonyl (C=O) groups is 1. The summed E-state index contributed by atoms with van der Waals surface area (Å²) in [5.41, 5.74) is 0.657. The van der Waals surface area contributed by atoms with E-state index < -0.39 is 0 Å². The quantitative estimate of drug-likeness (QED) is 0.822. The normalized spacial score (nSPS) is 33.1. The number of aliphatic hydroxyl groups excluding tert-OH is 1. The predicted molar refractivity (Wildman–Crippen MR) is 96.2 cm³/mol. The van der Waals surface area contributed by atoms with E-state index in [4.69, 9.17) is 23.2 Å². The highest BCUT2D eigenvalue weighted by atomic mass is 35.5. The first-order chi connectivity index (χ1) is 11.9. The van der Waals surface area contributed by atoms with E-state index in [1.54, 1.807) is 12.1 Å². The number of β-amino-alcohol motifs (C(OH)–C–C–N with tert-alkyl or cyclic N) is 1. The Balaban J connectivity index is 1.53. The van der Waals surface area contributed by atoms with Crippen LogP contribution in [0.4, 0.5) is 0 Å². The molecule has 0 unspecified atom stereocenters. The zero-order chi connectivity index (χ0) is 17.7. The SMILES string of the molecule is O=C1C[C@H](N2CC[C@H](O)C2)C[C@@H]2C[C@H](c3c(O)ccc(Cl)c3Cl)CN12. The number of aliphatic hydroxyl groups is 1. The molecule has 0 saturated carbocycles. The number of hydrogen-bond donors (Lipinski definition) is 2. The minimum Gasteiger partial charge on any atom is -0.508 e. The molecule has 1 aromatic rings. The molecule has 3 saturated heterocycles. The monoisotopic (exact) mass is 384 g/mol. The lowest BCUT2D eigenvalue weighted by atomic mass is 9.91. The van der Waals surface area contributed by atoms with Crippen LogP contribution in [0.2, 0.25) is 10.0 Å². The van der Waals surface area contributed by atoms with Crippen LogP contribution in [0.3, 0.4) is 0 Å². The number of carbonyl (C=O) groups excluding carboxylic acids is 1. The van der Waals surface area contributed by atoms with Gasteiger partial charge in [-0.15, -0.1) is 0 Å². The van der Waals surface area contributed by atoms with Gasteiger partial charge in [0.2, 0.25) is 5.91 Å². The number of phenols is 1. The predicted octanol–water partition coefficient (Wildman–Crippen LogP) is 2.61. The summed E-state index contributed by atoms with van der Waals surface area (Å²) in [5.74, 6) is 0.303. The maximum atomic E-state index is 12.7. The molecule has 0 aliphatic carbocycles. The molecule has 136 valence electrons. The molecule has 3 fully saturated rings. The smallest absolute Gasteiger partial charge is 0.224 e. The number of nitrogens with zero attached hydrogens (tertiary/aromatic N) is 2. The Hall–Kier alpha value is -1.01. The third-order valence-electron chi connectivity index (χ3n) is 5.92. The van der Waals surface area contributed by atoms with E-state index in [2.05, 4.69) is 4.90 Å². The van der Waals surface area contributed by atoms with Crippen LogP contribution in [0.1, 0.15) is 37.2 Å². The van der Waals surface area contributed by atoms with E-state index in [1.165, 1.54) is 0 Å². The van der Waals surface area contributed by atoms with Gasteiger partial charge < -0.3 is 15.1 Å².